The number of halogens is 2. The standard InChI is InChI=1S/C21H24F2N2O2/c1-2-3-20(16-12-17(22)14-18(23)13-16)15-4-8-24(9-5-15)21(27)25-10-6-19(26)7-11-25/h12-14,19,26H,4-11H2,1H3. The van der Waals surface area contributed by atoms with Crippen molar-refractivity contribution >= 4 is 11.6 Å². The third kappa shape index (κ3) is 4.67. The Bertz CT molecular complexity index is 772. The van der Waals surface area contributed by atoms with E-state index >= 15 is 0 Å². The number of nitrogens with zero attached hydrogens (tertiary/aromatic N) is 2. The molecule has 1 aromatic rings. The summed E-state index contributed by atoms with van der Waals surface area (Å²) in [6, 6.07) is 3.45. The van der Waals surface area contributed by atoms with Crippen LogP contribution in [0.4, 0.5) is 13.6 Å². The van der Waals surface area contributed by atoms with Crippen molar-refractivity contribution in [3.05, 3.63) is 41.0 Å². The van der Waals surface area contributed by atoms with E-state index in [0.717, 1.165) is 11.6 Å². The van der Waals surface area contributed by atoms with Crippen LogP contribution in [0.1, 0.15) is 38.2 Å². The summed E-state index contributed by atoms with van der Waals surface area (Å²) in [5, 5.41) is 9.59. The maximum atomic E-state index is 13.6. The molecule has 1 aromatic carbocycles. The maximum Gasteiger partial charge on any atom is 0.320 e. The topological polar surface area (TPSA) is 43.8 Å². The smallest absolute Gasteiger partial charge is 0.320 e. The number of benzene rings is 1. The summed E-state index contributed by atoms with van der Waals surface area (Å²) in [6.07, 6.45) is 2.18. The monoisotopic (exact) mass is 374 g/mol. The van der Waals surface area contributed by atoms with Crippen molar-refractivity contribution in [3.63, 3.8) is 0 Å². The molecular weight excluding hydrogens is 350 g/mol. The summed E-state index contributed by atoms with van der Waals surface area (Å²) in [7, 11) is 0. The van der Waals surface area contributed by atoms with Gasteiger partial charge in [-0.25, -0.2) is 13.6 Å². The van der Waals surface area contributed by atoms with Crippen molar-refractivity contribution in [2.24, 2.45) is 0 Å². The lowest BCUT2D eigenvalue weighted by molar-refractivity contribution is 0.0803. The highest BCUT2D eigenvalue weighted by molar-refractivity contribution is 5.82. The molecule has 2 amide bonds. The summed E-state index contributed by atoms with van der Waals surface area (Å²) in [4.78, 5) is 16.2. The highest BCUT2D eigenvalue weighted by Crippen LogP contribution is 2.28. The lowest BCUT2D eigenvalue weighted by atomic mass is 9.93. The minimum Gasteiger partial charge on any atom is -0.393 e. The molecule has 2 saturated heterocycles. The molecule has 2 fully saturated rings. The highest BCUT2D eigenvalue weighted by atomic mass is 19.1. The molecule has 2 aliphatic heterocycles. The second kappa shape index (κ2) is 8.53. The quantitative estimate of drug-likeness (QED) is 0.766. The van der Waals surface area contributed by atoms with E-state index in [1.165, 1.54) is 12.1 Å². The van der Waals surface area contributed by atoms with E-state index in [-0.39, 0.29) is 12.1 Å². The number of carbonyl (C=O) groups is 1. The van der Waals surface area contributed by atoms with Crippen LogP contribution in [0.3, 0.4) is 0 Å². The molecule has 1 N–H and O–H groups in total. The number of urea groups is 1. The lowest BCUT2D eigenvalue weighted by Gasteiger charge is -2.36. The van der Waals surface area contributed by atoms with Gasteiger partial charge < -0.3 is 14.9 Å². The van der Waals surface area contributed by atoms with Gasteiger partial charge in [0.1, 0.15) is 11.6 Å². The molecule has 0 aromatic heterocycles. The largest absolute Gasteiger partial charge is 0.393 e. The summed E-state index contributed by atoms with van der Waals surface area (Å²) in [6.45, 7) is 3.96. The molecule has 0 radical (unpaired) electrons. The molecule has 4 nitrogen and oxygen atoms in total. The van der Waals surface area contributed by atoms with Gasteiger partial charge in [0.25, 0.3) is 0 Å². The normalized spacial score (nSPS) is 18.1. The summed E-state index contributed by atoms with van der Waals surface area (Å²) in [5.74, 6) is 4.57. The lowest BCUT2D eigenvalue weighted by Crippen LogP contribution is -2.49. The molecule has 0 spiro atoms. The summed E-state index contributed by atoms with van der Waals surface area (Å²) >= 11 is 0. The van der Waals surface area contributed by atoms with E-state index in [9.17, 15) is 18.7 Å². The molecule has 0 aliphatic carbocycles. The van der Waals surface area contributed by atoms with Crippen LogP contribution in [-0.4, -0.2) is 53.2 Å². The van der Waals surface area contributed by atoms with Crippen LogP contribution >= 0.6 is 0 Å². The minimum atomic E-state index is -0.624. The van der Waals surface area contributed by atoms with Crippen LogP contribution < -0.4 is 0 Å². The predicted octanol–water partition coefficient (Wildman–Crippen LogP) is 3.41. The van der Waals surface area contributed by atoms with Crippen LogP contribution in [0.15, 0.2) is 23.8 Å². The molecule has 3 rings (SSSR count). The fourth-order valence-electron chi connectivity index (χ4n) is 3.66. The Hall–Kier alpha value is -2.39. The number of piperidine rings is 2. The van der Waals surface area contributed by atoms with Crippen LogP contribution in [0, 0.1) is 23.5 Å². The Balaban J connectivity index is 1.73. The Morgan fingerprint density at radius 1 is 1.04 bits per heavy atom. The molecule has 2 heterocycles. The average Bonchev–Trinajstić information content (AvgIpc) is 2.65. The summed E-state index contributed by atoms with van der Waals surface area (Å²) in [5.41, 5.74) is 2.12. The number of rotatable bonds is 1. The van der Waals surface area contributed by atoms with Crippen molar-refractivity contribution in [1.29, 1.82) is 0 Å². The van der Waals surface area contributed by atoms with Gasteiger partial charge in [-0.05, 0) is 50.3 Å². The number of aliphatic hydroxyl groups is 1. The number of hydrogen-bond acceptors (Lipinski definition) is 2. The van der Waals surface area contributed by atoms with Gasteiger partial charge in [-0.2, -0.15) is 0 Å². The second-order valence-electron chi connectivity index (χ2n) is 7.00. The van der Waals surface area contributed by atoms with Gasteiger partial charge in [0.15, 0.2) is 0 Å². The van der Waals surface area contributed by atoms with E-state index in [4.69, 9.17) is 0 Å². The molecule has 0 bridgehead atoms. The first-order chi connectivity index (χ1) is 13.0. The van der Waals surface area contributed by atoms with Crippen molar-refractivity contribution in [2.75, 3.05) is 26.2 Å². The van der Waals surface area contributed by atoms with Crippen LogP contribution in [0.5, 0.6) is 0 Å². The van der Waals surface area contributed by atoms with E-state index in [1.54, 1.807) is 11.8 Å². The second-order valence-corrected chi connectivity index (χ2v) is 7.00. The van der Waals surface area contributed by atoms with Gasteiger partial charge in [0.2, 0.25) is 0 Å². The first-order valence-electron chi connectivity index (χ1n) is 9.31. The third-order valence-corrected chi connectivity index (χ3v) is 5.13. The van der Waals surface area contributed by atoms with Crippen molar-refractivity contribution in [2.45, 2.75) is 38.7 Å². The zero-order chi connectivity index (χ0) is 19.4. The Kier molecular flexibility index (Phi) is 6.12. The van der Waals surface area contributed by atoms with E-state index in [0.29, 0.717) is 63.0 Å². The maximum absolute atomic E-state index is 13.6. The molecule has 27 heavy (non-hydrogen) atoms. The first kappa shape index (κ1) is 19.4. The Morgan fingerprint density at radius 2 is 1.59 bits per heavy atom. The Morgan fingerprint density at radius 3 is 2.15 bits per heavy atom. The van der Waals surface area contributed by atoms with Crippen LogP contribution in [-0.2, 0) is 0 Å². The number of hydrogen-bond donors (Lipinski definition) is 1. The van der Waals surface area contributed by atoms with Gasteiger partial charge in [0, 0.05) is 37.8 Å². The molecular formula is C21H24F2N2O2. The molecule has 0 atom stereocenters. The fourth-order valence-corrected chi connectivity index (χ4v) is 3.66. The fraction of sp³-hybridized carbons (Fsp3) is 0.476. The Labute approximate surface area is 158 Å². The highest BCUT2D eigenvalue weighted by Gasteiger charge is 2.28. The summed E-state index contributed by atoms with van der Waals surface area (Å²) < 4.78 is 27.2. The van der Waals surface area contributed by atoms with Gasteiger partial charge >= 0.3 is 6.03 Å². The number of likely N-dealkylation sites (tertiary alicyclic amines) is 2. The number of carbonyl (C=O) groups excluding carboxylic acids is 1. The van der Waals surface area contributed by atoms with Gasteiger partial charge in [0.05, 0.1) is 6.10 Å². The van der Waals surface area contributed by atoms with Crippen LogP contribution in [0.2, 0.25) is 0 Å². The van der Waals surface area contributed by atoms with Crippen molar-refractivity contribution < 1.29 is 18.7 Å². The zero-order valence-corrected chi connectivity index (χ0v) is 15.5. The molecule has 6 heteroatoms. The van der Waals surface area contributed by atoms with Crippen molar-refractivity contribution in [1.82, 2.24) is 9.80 Å². The molecule has 0 saturated carbocycles. The van der Waals surface area contributed by atoms with Gasteiger partial charge in [-0.15, -0.1) is 5.92 Å². The minimum absolute atomic E-state index is 0.000811. The number of aliphatic hydroxyl groups excluding tert-OH is 1. The average molecular weight is 374 g/mol. The van der Waals surface area contributed by atoms with Gasteiger partial charge in [-0.3, -0.25) is 0 Å². The molecule has 2 aliphatic rings. The van der Waals surface area contributed by atoms with Gasteiger partial charge in [-0.1, -0.05) is 11.5 Å². The third-order valence-electron chi connectivity index (χ3n) is 5.13. The van der Waals surface area contributed by atoms with Crippen LogP contribution in [0.25, 0.3) is 5.57 Å². The van der Waals surface area contributed by atoms with E-state index in [2.05, 4.69) is 11.8 Å². The number of amides is 2. The van der Waals surface area contributed by atoms with E-state index in [1.807, 2.05) is 4.90 Å². The van der Waals surface area contributed by atoms with E-state index < -0.39 is 11.6 Å². The van der Waals surface area contributed by atoms with Crippen molar-refractivity contribution in [3.8, 4) is 11.8 Å². The predicted molar refractivity (Wildman–Crippen MR) is 99.7 cm³/mol. The number of allylic oxidation sites excluding steroid dienone is 1. The zero-order valence-electron chi connectivity index (χ0n) is 15.5. The molecule has 144 valence electrons. The first-order valence-corrected chi connectivity index (χ1v) is 9.31. The molecule has 0 unspecified atom stereocenters. The SMILES string of the molecule is CC#CC(=C1CCN(C(=O)N2CCC(O)CC2)CC1)c1cc(F)cc(F)c1.